The summed E-state index contributed by atoms with van der Waals surface area (Å²) in [4.78, 5) is 13.0. The van der Waals surface area contributed by atoms with E-state index in [4.69, 9.17) is 11.3 Å². The summed E-state index contributed by atoms with van der Waals surface area (Å²) in [6, 6.07) is -0.371. The number of hydrogen-bond acceptors (Lipinski definition) is 3. The van der Waals surface area contributed by atoms with Gasteiger partial charge in [0, 0.05) is 18.0 Å². The molecule has 0 rings (SSSR count). The zero-order valence-electron chi connectivity index (χ0n) is 6.32. The van der Waals surface area contributed by atoms with Crippen LogP contribution in [0.1, 0.15) is 6.92 Å². The van der Waals surface area contributed by atoms with Crippen LogP contribution in [0.2, 0.25) is 0 Å². The van der Waals surface area contributed by atoms with Crippen LogP contribution in [-0.2, 0) is 4.79 Å². The Morgan fingerprint density at radius 2 is 2.55 bits per heavy atom. The first-order valence-corrected chi connectivity index (χ1v) is 3.22. The maximum absolute atomic E-state index is 10.4. The van der Waals surface area contributed by atoms with Gasteiger partial charge >= 0.3 is 0 Å². The van der Waals surface area contributed by atoms with E-state index in [0.29, 0.717) is 13.1 Å². The summed E-state index contributed by atoms with van der Waals surface area (Å²) in [6.07, 6.45) is 0. The number of carbonyl (C=O) groups is 1. The predicted molar refractivity (Wildman–Crippen MR) is 40.7 cm³/mol. The summed E-state index contributed by atoms with van der Waals surface area (Å²) in [7, 11) is 0. The van der Waals surface area contributed by atoms with Crippen LogP contribution in [0.25, 0.3) is 10.4 Å². The van der Waals surface area contributed by atoms with Gasteiger partial charge in [0.25, 0.3) is 0 Å². The molecule has 0 aliphatic rings. The minimum atomic E-state index is -0.411. The smallest absolute Gasteiger partial charge is 0.234 e. The van der Waals surface area contributed by atoms with Gasteiger partial charge < -0.3 is 11.1 Å². The Morgan fingerprint density at radius 1 is 1.91 bits per heavy atom. The van der Waals surface area contributed by atoms with E-state index in [9.17, 15) is 4.79 Å². The van der Waals surface area contributed by atoms with Crippen LogP contribution in [0, 0.1) is 0 Å². The lowest BCUT2D eigenvalue weighted by Gasteiger charge is -2.06. The van der Waals surface area contributed by atoms with Crippen molar-refractivity contribution in [2.45, 2.75) is 13.0 Å². The van der Waals surface area contributed by atoms with Gasteiger partial charge in [0.15, 0.2) is 0 Å². The van der Waals surface area contributed by atoms with E-state index in [1.54, 1.807) is 6.92 Å². The highest BCUT2D eigenvalue weighted by molar-refractivity contribution is 5.79. The molecule has 0 fully saturated rings. The van der Waals surface area contributed by atoms with Crippen molar-refractivity contribution < 1.29 is 4.79 Å². The van der Waals surface area contributed by atoms with Gasteiger partial charge in [-0.3, -0.25) is 4.79 Å². The summed E-state index contributed by atoms with van der Waals surface area (Å²) >= 11 is 0. The summed E-state index contributed by atoms with van der Waals surface area (Å²) in [5, 5.41) is 6.05. The fourth-order valence-electron chi connectivity index (χ4n) is 0.476. The molecular formula is C5H11N5O. The third kappa shape index (κ3) is 5.20. The number of nitrogens with one attached hydrogen (secondary N) is 1. The van der Waals surface area contributed by atoms with Crippen molar-refractivity contribution in [3.63, 3.8) is 0 Å². The molecule has 1 amide bonds. The number of hydrogen-bond donors (Lipinski definition) is 2. The highest BCUT2D eigenvalue weighted by atomic mass is 16.1. The zero-order valence-corrected chi connectivity index (χ0v) is 6.32. The standard InChI is InChI=1S/C5H11N5O/c1-4(5(6)11)8-2-3-9-10-7/h4,8H,2-3H2,1H3,(H2,6,11). The third-order valence-corrected chi connectivity index (χ3v) is 1.15. The fraction of sp³-hybridized carbons (Fsp3) is 0.800. The minimum absolute atomic E-state index is 0.328. The van der Waals surface area contributed by atoms with Gasteiger partial charge in [0.2, 0.25) is 5.91 Å². The second kappa shape index (κ2) is 5.52. The van der Waals surface area contributed by atoms with E-state index in [1.807, 2.05) is 0 Å². The molecule has 6 heteroatoms. The second-order valence-corrected chi connectivity index (χ2v) is 2.03. The molecule has 0 aliphatic carbocycles. The van der Waals surface area contributed by atoms with Gasteiger partial charge in [0.05, 0.1) is 6.04 Å². The zero-order chi connectivity index (χ0) is 8.69. The van der Waals surface area contributed by atoms with Crippen molar-refractivity contribution in [3.05, 3.63) is 10.4 Å². The molecule has 0 spiro atoms. The number of nitrogens with two attached hydrogens (primary N) is 1. The molecule has 11 heavy (non-hydrogen) atoms. The molecule has 6 nitrogen and oxygen atoms in total. The molecule has 0 aromatic carbocycles. The molecule has 0 aromatic heterocycles. The van der Waals surface area contributed by atoms with Gasteiger partial charge in [-0.1, -0.05) is 5.11 Å². The molecule has 0 bridgehead atoms. The van der Waals surface area contributed by atoms with Gasteiger partial charge in [-0.15, -0.1) is 0 Å². The van der Waals surface area contributed by atoms with E-state index < -0.39 is 5.91 Å². The second-order valence-electron chi connectivity index (χ2n) is 2.03. The fourth-order valence-corrected chi connectivity index (χ4v) is 0.476. The van der Waals surface area contributed by atoms with Crippen LogP contribution in [0.5, 0.6) is 0 Å². The van der Waals surface area contributed by atoms with Crippen LogP contribution >= 0.6 is 0 Å². The molecule has 0 radical (unpaired) electrons. The number of azide groups is 1. The highest BCUT2D eigenvalue weighted by Gasteiger charge is 2.04. The Balaban J connectivity index is 3.38. The Bertz CT molecular complexity index is 174. The van der Waals surface area contributed by atoms with Gasteiger partial charge in [0.1, 0.15) is 0 Å². The van der Waals surface area contributed by atoms with Crippen LogP contribution in [0.15, 0.2) is 5.11 Å². The third-order valence-electron chi connectivity index (χ3n) is 1.15. The molecule has 3 N–H and O–H groups in total. The number of amides is 1. The Hall–Kier alpha value is -1.26. The van der Waals surface area contributed by atoms with E-state index in [0.717, 1.165) is 0 Å². The number of nitrogens with zero attached hydrogens (tertiary/aromatic N) is 3. The largest absolute Gasteiger partial charge is 0.368 e. The molecule has 1 unspecified atom stereocenters. The Labute approximate surface area is 64.4 Å². The van der Waals surface area contributed by atoms with E-state index in [1.165, 1.54) is 0 Å². The normalized spacial score (nSPS) is 11.7. The molecule has 0 aromatic rings. The SMILES string of the molecule is CC(NCCN=[N+]=[N-])C(N)=O. The van der Waals surface area contributed by atoms with E-state index in [-0.39, 0.29) is 6.04 Å². The van der Waals surface area contributed by atoms with Crippen molar-refractivity contribution >= 4 is 5.91 Å². The molecular weight excluding hydrogens is 146 g/mol. The first-order chi connectivity index (χ1) is 5.18. The van der Waals surface area contributed by atoms with Crippen molar-refractivity contribution in [2.75, 3.05) is 13.1 Å². The van der Waals surface area contributed by atoms with Crippen molar-refractivity contribution in [3.8, 4) is 0 Å². The first kappa shape index (κ1) is 9.74. The van der Waals surface area contributed by atoms with Gasteiger partial charge in [-0.2, -0.15) is 0 Å². The average molecular weight is 157 g/mol. The minimum Gasteiger partial charge on any atom is -0.368 e. The summed E-state index contributed by atoms with van der Waals surface area (Å²) < 4.78 is 0. The summed E-state index contributed by atoms with van der Waals surface area (Å²) in [5.74, 6) is -0.411. The van der Waals surface area contributed by atoms with Crippen LogP contribution < -0.4 is 11.1 Å². The lowest BCUT2D eigenvalue weighted by molar-refractivity contribution is -0.119. The maximum atomic E-state index is 10.4. The molecule has 0 saturated heterocycles. The molecule has 0 aliphatic heterocycles. The van der Waals surface area contributed by atoms with E-state index in [2.05, 4.69) is 15.3 Å². The van der Waals surface area contributed by atoms with Crippen molar-refractivity contribution in [1.29, 1.82) is 0 Å². The maximum Gasteiger partial charge on any atom is 0.234 e. The summed E-state index contributed by atoms with van der Waals surface area (Å²) in [5.41, 5.74) is 12.8. The average Bonchev–Trinajstić information content (AvgIpc) is 1.97. The lowest BCUT2D eigenvalue weighted by atomic mass is 10.3. The monoisotopic (exact) mass is 157 g/mol. The summed E-state index contributed by atoms with van der Waals surface area (Å²) in [6.45, 7) is 2.45. The number of rotatable bonds is 5. The Kier molecular flexibility index (Phi) is 4.89. The molecule has 1 atom stereocenters. The van der Waals surface area contributed by atoms with Crippen molar-refractivity contribution in [2.24, 2.45) is 10.8 Å². The number of carbonyl (C=O) groups excluding carboxylic acids is 1. The molecule has 0 saturated carbocycles. The van der Waals surface area contributed by atoms with Crippen LogP contribution in [-0.4, -0.2) is 25.0 Å². The Morgan fingerprint density at radius 3 is 3.00 bits per heavy atom. The van der Waals surface area contributed by atoms with E-state index >= 15 is 0 Å². The van der Waals surface area contributed by atoms with Crippen LogP contribution in [0.3, 0.4) is 0 Å². The molecule has 62 valence electrons. The highest BCUT2D eigenvalue weighted by Crippen LogP contribution is 1.77. The lowest BCUT2D eigenvalue weighted by Crippen LogP contribution is -2.39. The van der Waals surface area contributed by atoms with Crippen molar-refractivity contribution in [1.82, 2.24) is 5.32 Å². The van der Waals surface area contributed by atoms with Crippen LogP contribution in [0.4, 0.5) is 0 Å². The number of primary amides is 1. The predicted octanol–water partition coefficient (Wildman–Crippen LogP) is -0.240. The van der Waals surface area contributed by atoms with Gasteiger partial charge in [-0.05, 0) is 12.5 Å². The topological polar surface area (TPSA) is 104 Å². The quantitative estimate of drug-likeness (QED) is 0.249. The van der Waals surface area contributed by atoms with Gasteiger partial charge in [-0.25, -0.2) is 0 Å². The molecule has 0 heterocycles. The first-order valence-electron chi connectivity index (χ1n) is 3.22.